The van der Waals surface area contributed by atoms with Gasteiger partial charge in [-0.1, -0.05) is 43.2 Å². The van der Waals surface area contributed by atoms with Crippen molar-refractivity contribution < 1.29 is 14.3 Å². The van der Waals surface area contributed by atoms with Crippen LogP contribution in [0.4, 0.5) is 0 Å². The third-order valence-electron chi connectivity index (χ3n) is 5.32. The van der Waals surface area contributed by atoms with E-state index in [1.807, 2.05) is 55.2 Å². The number of fused-ring (bicyclic) bond motifs is 1. The quantitative estimate of drug-likeness (QED) is 0.517. The van der Waals surface area contributed by atoms with Crippen LogP contribution in [0.5, 0.6) is 0 Å². The van der Waals surface area contributed by atoms with E-state index in [1.165, 1.54) is 6.42 Å². The number of hydrogen-bond donors (Lipinski definition) is 1. The van der Waals surface area contributed by atoms with Gasteiger partial charge in [-0.15, -0.1) is 11.8 Å². The minimum Gasteiger partial charge on any atom is -0.379 e. The zero-order valence-corrected chi connectivity index (χ0v) is 18.2. The normalized spacial score (nSPS) is 23.3. The maximum Gasteiger partial charge on any atom is 0.261 e. The average molecular weight is 417 g/mol. The van der Waals surface area contributed by atoms with Gasteiger partial charge in [0.25, 0.3) is 5.91 Å². The van der Waals surface area contributed by atoms with Gasteiger partial charge in [-0.3, -0.25) is 9.59 Å². The Bertz CT molecular complexity index is 720. The van der Waals surface area contributed by atoms with Gasteiger partial charge in [0.1, 0.15) is 6.54 Å². The van der Waals surface area contributed by atoms with E-state index in [9.17, 15) is 9.59 Å². The van der Waals surface area contributed by atoms with Crippen molar-refractivity contribution in [2.75, 3.05) is 19.7 Å². The molecule has 2 unspecified atom stereocenters. The predicted molar refractivity (Wildman–Crippen MR) is 118 cm³/mol. The van der Waals surface area contributed by atoms with Crippen LogP contribution in [0.3, 0.4) is 0 Å². The first kappa shape index (κ1) is 21.9. The minimum absolute atomic E-state index is 0.0136. The Kier molecular flexibility index (Phi) is 8.19. The summed E-state index contributed by atoms with van der Waals surface area (Å²) in [4.78, 5) is 28.3. The van der Waals surface area contributed by atoms with Crippen molar-refractivity contribution in [1.82, 2.24) is 10.2 Å². The van der Waals surface area contributed by atoms with E-state index < -0.39 is 0 Å². The van der Waals surface area contributed by atoms with Gasteiger partial charge in [-0.05, 0) is 44.7 Å². The van der Waals surface area contributed by atoms with Crippen molar-refractivity contribution >= 4 is 29.7 Å². The van der Waals surface area contributed by atoms with E-state index in [-0.39, 0.29) is 30.5 Å². The Morgan fingerprint density at radius 1 is 1.28 bits per heavy atom. The fourth-order valence-corrected chi connectivity index (χ4v) is 5.36. The number of benzene rings is 1. The van der Waals surface area contributed by atoms with Crippen molar-refractivity contribution in [3.8, 4) is 0 Å². The lowest BCUT2D eigenvalue weighted by Gasteiger charge is -2.43. The summed E-state index contributed by atoms with van der Waals surface area (Å²) in [5.41, 5.74) is 1.02. The summed E-state index contributed by atoms with van der Waals surface area (Å²) in [5.74, 6) is -0.0986. The van der Waals surface area contributed by atoms with Crippen LogP contribution < -0.4 is 5.32 Å². The summed E-state index contributed by atoms with van der Waals surface area (Å²) >= 11 is 1.70. The van der Waals surface area contributed by atoms with Crippen LogP contribution in [0.25, 0.3) is 6.08 Å². The van der Waals surface area contributed by atoms with Crippen LogP contribution >= 0.6 is 11.8 Å². The molecule has 2 amide bonds. The molecule has 1 aliphatic carbocycles. The maximum absolute atomic E-state index is 13.2. The SMILES string of the molecule is CC(C)OCCCNC(=O)CN1C(=O)/C(=C/c2ccccc2)SC2CCCCC21. The number of nitrogens with one attached hydrogen (secondary N) is 1. The monoisotopic (exact) mass is 416 g/mol. The number of hydrogen-bond acceptors (Lipinski definition) is 4. The van der Waals surface area contributed by atoms with Crippen LogP contribution in [0.1, 0.15) is 51.5 Å². The maximum atomic E-state index is 13.2. The zero-order valence-electron chi connectivity index (χ0n) is 17.4. The number of carbonyl (C=O) groups is 2. The summed E-state index contributed by atoms with van der Waals surface area (Å²) in [5, 5.41) is 3.32. The molecule has 1 aromatic carbocycles. The van der Waals surface area contributed by atoms with Gasteiger partial charge >= 0.3 is 0 Å². The van der Waals surface area contributed by atoms with Crippen LogP contribution in [-0.4, -0.2) is 53.8 Å². The van der Waals surface area contributed by atoms with Gasteiger partial charge in [-0.2, -0.15) is 0 Å². The average Bonchev–Trinajstić information content (AvgIpc) is 2.71. The highest BCUT2D eigenvalue weighted by Gasteiger charge is 2.41. The van der Waals surface area contributed by atoms with E-state index in [0.29, 0.717) is 18.4 Å². The van der Waals surface area contributed by atoms with Gasteiger partial charge in [0.05, 0.1) is 11.0 Å². The Morgan fingerprint density at radius 2 is 2.03 bits per heavy atom. The molecule has 1 saturated carbocycles. The molecule has 0 radical (unpaired) electrons. The highest BCUT2D eigenvalue weighted by atomic mass is 32.2. The van der Waals surface area contributed by atoms with E-state index in [2.05, 4.69) is 5.32 Å². The fraction of sp³-hybridized carbons (Fsp3) is 0.565. The predicted octanol–water partition coefficient (Wildman–Crippen LogP) is 3.85. The molecule has 1 N–H and O–H groups in total. The van der Waals surface area contributed by atoms with Crippen molar-refractivity contribution in [3.63, 3.8) is 0 Å². The van der Waals surface area contributed by atoms with E-state index >= 15 is 0 Å². The van der Waals surface area contributed by atoms with E-state index in [0.717, 1.165) is 36.2 Å². The van der Waals surface area contributed by atoms with Crippen LogP contribution in [0, 0.1) is 0 Å². The lowest BCUT2D eigenvalue weighted by atomic mass is 9.93. The Hall–Kier alpha value is -1.79. The Balaban J connectivity index is 1.63. The minimum atomic E-state index is -0.0850. The molecule has 2 aliphatic rings. The number of ether oxygens (including phenoxy) is 1. The highest BCUT2D eigenvalue weighted by Crippen LogP contribution is 2.42. The van der Waals surface area contributed by atoms with Gasteiger partial charge in [0.15, 0.2) is 0 Å². The summed E-state index contributed by atoms with van der Waals surface area (Å²) in [6, 6.07) is 10.1. The molecule has 5 nitrogen and oxygen atoms in total. The summed E-state index contributed by atoms with van der Waals surface area (Å²) < 4.78 is 5.51. The lowest BCUT2D eigenvalue weighted by molar-refractivity contribution is -0.135. The second-order valence-electron chi connectivity index (χ2n) is 7.98. The molecule has 6 heteroatoms. The molecule has 1 aliphatic heterocycles. The molecular formula is C23H32N2O3S. The first-order chi connectivity index (χ1) is 14.0. The second-order valence-corrected chi connectivity index (χ2v) is 9.26. The van der Waals surface area contributed by atoms with E-state index in [4.69, 9.17) is 4.74 Å². The van der Waals surface area contributed by atoms with Crippen molar-refractivity contribution in [2.45, 2.75) is 63.3 Å². The number of nitrogens with zero attached hydrogens (tertiary/aromatic N) is 1. The topological polar surface area (TPSA) is 58.6 Å². The molecule has 29 heavy (non-hydrogen) atoms. The third-order valence-corrected chi connectivity index (χ3v) is 6.72. The van der Waals surface area contributed by atoms with Crippen LogP contribution in [-0.2, 0) is 14.3 Å². The number of carbonyl (C=O) groups excluding carboxylic acids is 2. The summed E-state index contributed by atoms with van der Waals surface area (Å²) in [6.07, 6.45) is 7.34. The first-order valence-electron chi connectivity index (χ1n) is 10.7. The molecule has 1 saturated heterocycles. The van der Waals surface area contributed by atoms with Gasteiger partial charge in [-0.25, -0.2) is 0 Å². The first-order valence-corrected chi connectivity index (χ1v) is 11.5. The smallest absolute Gasteiger partial charge is 0.261 e. The molecule has 0 aromatic heterocycles. The van der Waals surface area contributed by atoms with E-state index in [1.54, 1.807) is 11.8 Å². The number of rotatable bonds is 8. The molecular weight excluding hydrogens is 384 g/mol. The van der Waals surface area contributed by atoms with Crippen molar-refractivity contribution in [2.24, 2.45) is 0 Å². The van der Waals surface area contributed by atoms with Gasteiger partial charge in [0.2, 0.25) is 5.91 Å². The number of thioether (sulfide) groups is 1. The molecule has 0 spiro atoms. The fourth-order valence-electron chi connectivity index (χ4n) is 3.89. The molecule has 158 valence electrons. The zero-order chi connectivity index (χ0) is 20.6. The molecule has 1 heterocycles. The van der Waals surface area contributed by atoms with Crippen molar-refractivity contribution in [1.29, 1.82) is 0 Å². The third kappa shape index (κ3) is 6.34. The highest BCUT2D eigenvalue weighted by molar-refractivity contribution is 8.04. The van der Waals surface area contributed by atoms with Crippen molar-refractivity contribution in [3.05, 3.63) is 40.8 Å². The molecule has 0 bridgehead atoms. The van der Waals surface area contributed by atoms with Gasteiger partial charge in [0, 0.05) is 24.4 Å². The second kappa shape index (κ2) is 10.8. The largest absolute Gasteiger partial charge is 0.379 e. The lowest BCUT2D eigenvalue weighted by Crippen LogP contribution is -2.54. The molecule has 3 rings (SSSR count). The van der Waals surface area contributed by atoms with Crippen LogP contribution in [0.15, 0.2) is 35.2 Å². The Morgan fingerprint density at radius 3 is 2.79 bits per heavy atom. The Labute approximate surface area is 178 Å². The molecule has 1 aromatic rings. The van der Waals surface area contributed by atoms with Gasteiger partial charge < -0.3 is 15.0 Å². The van der Waals surface area contributed by atoms with Crippen LogP contribution in [0.2, 0.25) is 0 Å². The number of amides is 2. The summed E-state index contributed by atoms with van der Waals surface area (Å²) in [6.45, 7) is 5.34. The standard InChI is InChI=1S/C23H32N2O3S/c1-17(2)28-14-8-13-24-22(26)16-25-19-11-6-7-12-20(19)29-21(23(25)27)15-18-9-4-3-5-10-18/h3-5,9-10,15,17,19-20H,6-8,11-14,16H2,1-2H3,(H,24,26)/b21-15-. The summed E-state index contributed by atoms with van der Waals surface area (Å²) in [7, 11) is 0. The molecule has 2 fully saturated rings. The molecule has 2 atom stereocenters.